The van der Waals surface area contributed by atoms with Crippen molar-refractivity contribution in [3.05, 3.63) is 54.4 Å². The highest BCUT2D eigenvalue weighted by Crippen LogP contribution is 2.30. The molecule has 2 heterocycles. The van der Waals surface area contributed by atoms with Crippen molar-refractivity contribution < 1.29 is 14.3 Å². The number of benzene rings is 2. The molecule has 33 heavy (non-hydrogen) atoms. The van der Waals surface area contributed by atoms with E-state index < -0.39 is 0 Å². The van der Waals surface area contributed by atoms with Gasteiger partial charge in [0.1, 0.15) is 12.4 Å². The fourth-order valence-corrected chi connectivity index (χ4v) is 3.78. The molecule has 0 bridgehead atoms. The number of hydrogen-bond acceptors (Lipinski definition) is 8. The molecule has 1 atom stereocenters. The fraction of sp³-hybridized carbons (Fsp3) is 0.333. The minimum Gasteiger partial charge on any atom is -0.493 e. The van der Waals surface area contributed by atoms with Crippen LogP contribution in [0, 0.1) is 6.92 Å². The Labute approximate surface area is 193 Å². The number of aromatic nitrogens is 3. The lowest BCUT2D eigenvalue weighted by atomic mass is 10.1. The van der Waals surface area contributed by atoms with E-state index in [2.05, 4.69) is 30.5 Å². The number of rotatable bonds is 7. The third-order valence-electron chi connectivity index (χ3n) is 5.27. The van der Waals surface area contributed by atoms with Crippen LogP contribution < -0.4 is 25.0 Å². The van der Waals surface area contributed by atoms with Crippen molar-refractivity contribution in [1.82, 2.24) is 15.0 Å². The molecule has 0 spiro atoms. The summed E-state index contributed by atoms with van der Waals surface area (Å²) < 4.78 is 11.7. The van der Waals surface area contributed by atoms with Crippen LogP contribution in [0.5, 0.6) is 11.5 Å². The summed E-state index contributed by atoms with van der Waals surface area (Å²) >= 11 is 0. The van der Waals surface area contributed by atoms with Gasteiger partial charge >= 0.3 is 0 Å². The largest absolute Gasteiger partial charge is 0.493 e. The molecule has 9 heteroatoms. The molecular weight excluding hydrogens is 420 g/mol. The molecular formula is C24H28N6O3. The Morgan fingerprint density at radius 1 is 1.12 bits per heavy atom. The minimum absolute atomic E-state index is 0.00197. The zero-order valence-electron chi connectivity index (χ0n) is 19.0. The van der Waals surface area contributed by atoms with E-state index in [4.69, 9.17) is 9.47 Å². The second kappa shape index (κ2) is 10.2. The van der Waals surface area contributed by atoms with Crippen molar-refractivity contribution in [1.29, 1.82) is 0 Å². The third kappa shape index (κ3) is 5.88. The summed E-state index contributed by atoms with van der Waals surface area (Å²) in [5.41, 5.74) is 2.59. The number of ether oxygens (including phenoxy) is 2. The van der Waals surface area contributed by atoms with Crippen molar-refractivity contribution in [3.8, 4) is 11.5 Å². The zero-order chi connectivity index (χ0) is 23.2. The molecule has 3 aromatic rings. The van der Waals surface area contributed by atoms with E-state index in [-0.39, 0.29) is 12.0 Å². The van der Waals surface area contributed by atoms with Gasteiger partial charge in [0.2, 0.25) is 17.8 Å². The maximum Gasteiger partial charge on any atom is 0.231 e. The van der Waals surface area contributed by atoms with Crippen LogP contribution in [0.3, 0.4) is 0 Å². The Morgan fingerprint density at radius 2 is 1.97 bits per heavy atom. The molecule has 0 radical (unpaired) electrons. The number of nitrogens with zero attached hydrogens (tertiary/aromatic N) is 4. The quantitative estimate of drug-likeness (QED) is 0.561. The molecule has 1 aliphatic heterocycles. The first-order valence-corrected chi connectivity index (χ1v) is 10.9. The van der Waals surface area contributed by atoms with Crippen LogP contribution in [0.2, 0.25) is 0 Å². The maximum absolute atomic E-state index is 11.3. The van der Waals surface area contributed by atoms with Crippen LogP contribution in [-0.2, 0) is 4.79 Å². The number of carbonyl (C=O) groups is 1. The predicted molar refractivity (Wildman–Crippen MR) is 127 cm³/mol. The molecule has 1 aromatic heterocycles. The summed E-state index contributed by atoms with van der Waals surface area (Å²) in [6.07, 6.45) is 3.40. The van der Waals surface area contributed by atoms with Gasteiger partial charge in [-0.1, -0.05) is 12.1 Å². The number of carbonyl (C=O) groups excluding carboxylic acids is 1. The lowest BCUT2D eigenvalue weighted by Gasteiger charge is -2.33. The molecule has 1 unspecified atom stereocenters. The van der Waals surface area contributed by atoms with Crippen LogP contribution in [-0.4, -0.2) is 47.2 Å². The van der Waals surface area contributed by atoms with Gasteiger partial charge in [0.05, 0.1) is 13.7 Å². The van der Waals surface area contributed by atoms with Gasteiger partial charge in [0.15, 0.2) is 11.5 Å². The molecule has 1 amide bonds. The number of aryl methyl sites for hydroxylation is 1. The van der Waals surface area contributed by atoms with Gasteiger partial charge in [-0.3, -0.25) is 4.79 Å². The number of piperidine rings is 1. The number of nitrogens with one attached hydrogen (secondary N) is 2. The highest BCUT2D eigenvalue weighted by atomic mass is 16.5. The van der Waals surface area contributed by atoms with E-state index in [1.165, 1.54) is 13.3 Å². The Morgan fingerprint density at radius 3 is 2.79 bits per heavy atom. The SMILES string of the molecule is COc1cc(C)ccc1OC1CCCN(c2ncnc(Nc3cccc(NC(C)=O)c3)n2)C1. The van der Waals surface area contributed by atoms with Gasteiger partial charge in [-0.25, -0.2) is 9.97 Å². The fourth-order valence-electron chi connectivity index (χ4n) is 3.78. The van der Waals surface area contributed by atoms with E-state index in [1.54, 1.807) is 7.11 Å². The standard InChI is InChI=1S/C24H28N6O3/c1-16-9-10-21(22(12-16)32-3)33-20-8-5-11-30(14-20)24-26-15-25-23(29-24)28-19-7-4-6-18(13-19)27-17(2)31/h4,6-7,9-10,12-13,15,20H,5,8,11,14H2,1-3H3,(H,27,31)(H,25,26,28,29). The van der Waals surface area contributed by atoms with Crippen molar-refractivity contribution in [3.63, 3.8) is 0 Å². The first-order valence-electron chi connectivity index (χ1n) is 10.9. The molecule has 1 saturated heterocycles. The van der Waals surface area contributed by atoms with Gasteiger partial charge in [-0.15, -0.1) is 0 Å². The molecule has 2 N–H and O–H groups in total. The summed E-state index contributed by atoms with van der Waals surface area (Å²) in [4.78, 5) is 26.6. The summed E-state index contributed by atoms with van der Waals surface area (Å²) in [6.45, 7) is 5.00. The van der Waals surface area contributed by atoms with Crippen LogP contribution in [0.25, 0.3) is 0 Å². The number of amides is 1. The average molecular weight is 449 g/mol. The topological polar surface area (TPSA) is 102 Å². The molecule has 172 valence electrons. The van der Waals surface area contributed by atoms with Crippen molar-refractivity contribution in [2.24, 2.45) is 0 Å². The third-order valence-corrected chi connectivity index (χ3v) is 5.27. The molecule has 9 nitrogen and oxygen atoms in total. The van der Waals surface area contributed by atoms with E-state index in [0.717, 1.165) is 42.1 Å². The van der Waals surface area contributed by atoms with Gasteiger partial charge in [0.25, 0.3) is 0 Å². The lowest BCUT2D eigenvalue weighted by Crippen LogP contribution is -2.42. The lowest BCUT2D eigenvalue weighted by molar-refractivity contribution is -0.114. The second-order valence-corrected chi connectivity index (χ2v) is 7.98. The highest BCUT2D eigenvalue weighted by Gasteiger charge is 2.24. The van der Waals surface area contributed by atoms with Crippen molar-refractivity contribution in [2.45, 2.75) is 32.8 Å². The summed E-state index contributed by atoms with van der Waals surface area (Å²) in [7, 11) is 1.65. The first kappa shape index (κ1) is 22.3. The molecule has 0 aliphatic carbocycles. The van der Waals surface area contributed by atoms with Gasteiger partial charge in [-0.05, 0) is 55.7 Å². The Balaban J connectivity index is 1.44. The molecule has 1 aliphatic rings. The first-order chi connectivity index (χ1) is 16.0. The molecule has 2 aromatic carbocycles. The van der Waals surface area contributed by atoms with Crippen LogP contribution in [0.1, 0.15) is 25.3 Å². The maximum atomic E-state index is 11.3. The summed E-state index contributed by atoms with van der Waals surface area (Å²) in [5.74, 6) is 2.38. The van der Waals surface area contributed by atoms with Crippen molar-refractivity contribution >= 4 is 29.2 Å². The summed E-state index contributed by atoms with van der Waals surface area (Å²) in [6, 6.07) is 13.3. The van der Waals surface area contributed by atoms with E-state index in [1.807, 2.05) is 49.4 Å². The normalized spacial score (nSPS) is 15.6. The predicted octanol–water partition coefficient (Wildman–Crippen LogP) is 3.94. The van der Waals surface area contributed by atoms with Crippen LogP contribution in [0.4, 0.5) is 23.3 Å². The minimum atomic E-state index is -0.125. The smallest absolute Gasteiger partial charge is 0.231 e. The van der Waals surface area contributed by atoms with Crippen LogP contribution in [0.15, 0.2) is 48.8 Å². The Hall–Kier alpha value is -3.88. The van der Waals surface area contributed by atoms with Gasteiger partial charge < -0.3 is 25.0 Å². The summed E-state index contributed by atoms with van der Waals surface area (Å²) in [5, 5.41) is 5.95. The van der Waals surface area contributed by atoms with E-state index in [0.29, 0.717) is 24.1 Å². The van der Waals surface area contributed by atoms with E-state index in [9.17, 15) is 4.79 Å². The second-order valence-electron chi connectivity index (χ2n) is 7.98. The van der Waals surface area contributed by atoms with Crippen molar-refractivity contribution in [2.75, 3.05) is 35.7 Å². The average Bonchev–Trinajstić information content (AvgIpc) is 2.80. The van der Waals surface area contributed by atoms with Crippen LogP contribution >= 0.6 is 0 Å². The van der Waals surface area contributed by atoms with Gasteiger partial charge in [-0.2, -0.15) is 4.98 Å². The monoisotopic (exact) mass is 448 g/mol. The molecule has 4 rings (SSSR count). The number of hydrogen-bond donors (Lipinski definition) is 2. The molecule has 1 fully saturated rings. The number of methoxy groups -OCH3 is 1. The van der Waals surface area contributed by atoms with E-state index >= 15 is 0 Å². The molecule has 0 saturated carbocycles. The Kier molecular flexibility index (Phi) is 6.87. The Bertz CT molecular complexity index is 1120. The number of anilines is 4. The van der Waals surface area contributed by atoms with Gasteiger partial charge in [0, 0.05) is 24.8 Å². The highest BCUT2D eigenvalue weighted by molar-refractivity contribution is 5.89. The zero-order valence-corrected chi connectivity index (χ0v) is 19.0.